The van der Waals surface area contributed by atoms with Crippen molar-refractivity contribution in [1.82, 2.24) is 10.6 Å². The predicted octanol–water partition coefficient (Wildman–Crippen LogP) is -0.507. The number of rotatable bonds is 1. The number of amides is 2. The fraction of sp³-hybridized carbons (Fsp3) is 0.875. The van der Waals surface area contributed by atoms with Crippen molar-refractivity contribution in [2.24, 2.45) is 5.92 Å². The number of carbonyl (C=O) groups excluding carboxylic acids is 1. The van der Waals surface area contributed by atoms with E-state index in [1.54, 1.807) is 0 Å². The summed E-state index contributed by atoms with van der Waals surface area (Å²) in [5.41, 5.74) is 0. The van der Waals surface area contributed by atoms with Gasteiger partial charge in [-0.1, -0.05) is 0 Å². The standard InChI is InChI=1S/C8H14N2O3S/c11-8-9-5-7(10-8)6-1-3-14(12,13)4-2-6/h6-7H,1-5H2,(H2,9,10,11). The van der Waals surface area contributed by atoms with Gasteiger partial charge < -0.3 is 10.6 Å². The van der Waals surface area contributed by atoms with Gasteiger partial charge in [0.1, 0.15) is 9.84 Å². The molecule has 6 heteroatoms. The van der Waals surface area contributed by atoms with Gasteiger partial charge >= 0.3 is 6.03 Å². The predicted molar refractivity (Wildman–Crippen MR) is 51.7 cm³/mol. The van der Waals surface area contributed by atoms with Gasteiger partial charge in [0.15, 0.2) is 0 Å². The Balaban J connectivity index is 1.92. The normalized spacial score (nSPS) is 32.3. The van der Waals surface area contributed by atoms with Crippen molar-refractivity contribution in [3.05, 3.63) is 0 Å². The molecule has 0 aromatic heterocycles. The highest BCUT2D eigenvalue weighted by Crippen LogP contribution is 2.22. The van der Waals surface area contributed by atoms with Gasteiger partial charge in [0.05, 0.1) is 17.5 Å². The highest BCUT2D eigenvalue weighted by molar-refractivity contribution is 7.91. The van der Waals surface area contributed by atoms with Crippen molar-refractivity contribution >= 4 is 15.9 Å². The van der Waals surface area contributed by atoms with Gasteiger partial charge in [-0.15, -0.1) is 0 Å². The van der Waals surface area contributed by atoms with Gasteiger partial charge in [0.2, 0.25) is 0 Å². The Morgan fingerprint density at radius 1 is 1.21 bits per heavy atom. The van der Waals surface area contributed by atoms with E-state index >= 15 is 0 Å². The van der Waals surface area contributed by atoms with Gasteiger partial charge in [-0.2, -0.15) is 0 Å². The van der Waals surface area contributed by atoms with Crippen LogP contribution in [-0.4, -0.2) is 38.5 Å². The van der Waals surface area contributed by atoms with Crippen molar-refractivity contribution < 1.29 is 13.2 Å². The van der Waals surface area contributed by atoms with Gasteiger partial charge in [-0.25, -0.2) is 13.2 Å². The molecule has 0 aromatic carbocycles. The van der Waals surface area contributed by atoms with Gasteiger partial charge in [0.25, 0.3) is 0 Å². The van der Waals surface area contributed by atoms with Crippen LogP contribution in [0.3, 0.4) is 0 Å². The molecule has 2 amide bonds. The minimum absolute atomic E-state index is 0.123. The Labute approximate surface area is 83.2 Å². The van der Waals surface area contributed by atoms with Crippen LogP contribution in [0.4, 0.5) is 4.79 Å². The molecule has 0 bridgehead atoms. The Morgan fingerprint density at radius 3 is 2.36 bits per heavy atom. The Hall–Kier alpha value is -0.780. The van der Waals surface area contributed by atoms with Crippen LogP contribution in [0.5, 0.6) is 0 Å². The lowest BCUT2D eigenvalue weighted by Crippen LogP contribution is -2.38. The molecule has 2 aliphatic rings. The molecule has 0 aromatic rings. The zero-order valence-corrected chi connectivity index (χ0v) is 8.64. The van der Waals surface area contributed by atoms with Crippen LogP contribution >= 0.6 is 0 Å². The molecule has 14 heavy (non-hydrogen) atoms. The van der Waals surface area contributed by atoms with Crippen LogP contribution in [0.15, 0.2) is 0 Å². The first-order chi connectivity index (χ1) is 6.57. The molecule has 2 fully saturated rings. The molecule has 0 aliphatic carbocycles. The second-order valence-corrected chi connectivity index (χ2v) is 6.25. The van der Waals surface area contributed by atoms with E-state index in [-0.39, 0.29) is 23.6 Å². The third-order valence-corrected chi connectivity index (χ3v) is 4.68. The SMILES string of the molecule is O=C1NCC(C2CCS(=O)(=O)CC2)N1. The maximum atomic E-state index is 11.2. The molecule has 2 saturated heterocycles. The summed E-state index contributed by atoms with van der Waals surface area (Å²) in [6.45, 7) is 0.629. The summed E-state index contributed by atoms with van der Waals surface area (Å²) in [6, 6.07) is -0.0126. The number of nitrogens with one attached hydrogen (secondary N) is 2. The molecule has 80 valence electrons. The number of hydrogen-bond donors (Lipinski definition) is 2. The Bertz CT molecular complexity index is 324. The first-order valence-electron chi connectivity index (χ1n) is 4.82. The van der Waals surface area contributed by atoms with Gasteiger partial charge in [-0.05, 0) is 18.8 Å². The summed E-state index contributed by atoms with van der Waals surface area (Å²) in [6.07, 6.45) is 1.35. The van der Waals surface area contributed by atoms with E-state index in [0.29, 0.717) is 25.3 Å². The first kappa shape index (κ1) is 9.76. The zero-order valence-electron chi connectivity index (χ0n) is 7.82. The molecule has 1 unspecified atom stereocenters. The van der Waals surface area contributed by atoms with Crippen LogP contribution in [-0.2, 0) is 9.84 Å². The van der Waals surface area contributed by atoms with E-state index in [9.17, 15) is 13.2 Å². The molecule has 2 heterocycles. The fourth-order valence-corrected chi connectivity index (χ4v) is 3.60. The largest absolute Gasteiger partial charge is 0.336 e. The summed E-state index contributed by atoms with van der Waals surface area (Å²) < 4.78 is 22.3. The van der Waals surface area contributed by atoms with E-state index < -0.39 is 9.84 Å². The maximum absolute atomic E-state index is 11.2. The third-order valence-electron chi connectivity index (χ3n) is 2.97. The van der Waals surface area contributed by atoms with Crippen molar-refractivity contribution in [3.8, 4) is 0 Å². The first-order valence-corrected chi connectivity index (χ1v) is 6.64. The Kier molecular flexibility index (Phi) is 2.38. The van der Waals surface area contributed by atoms with Gasteiger partial charge in [-0.3, -0.25) is 0 Å². The zero-order chi connectivity index (χ0) is 10.2. The van der Waals surface area contributed by atoms with Crippen LogP contribution in [0.25, 0.3) is 0 Å². The van der Waals surface area contributed by atoms with Crippen LogP contribution in [0, 0.1) is 5.92 Å². The van der Waals surface area contributed by atoms with Gasteiger partial charge in [0, 0.05) is 6.54 Å². The lowest BCUT2D eigenvalue weighted by atomic mass is 9.94. The van der Waals surface area contributed by atoms with Crippen molar-refractivity contribution in [2.45, 2.75) is 18.9 Å². The second-order valence-electron chi connectivity index (χ2n) is 3.95. The summed E-state index contributed by atoms with van der Waals surface area (Å²) in [5, 5.41) is 5.49. The Morgan fingerprint density at radius 2 is 1.86 bits per heavy atom. The van der Waals surface area contributed by atoms with Crippen molar-refractivity contribution in [1.29, 1.82) is 0 Å². The number of carbonyl (C=O) groups is 1. The maximum Gasteiger partial charge on any atom is 0.315 e. The number of urea groups is 1. The molecule has 5 nitrogen and oxygen atoms in total. The molecule has 2 N–H and O–H groups in total. The average molecular weight is 218 g/mol. The number of hydrogen-bond acceptors (Lipinski definition) is 3. The number of sulfone groups is 1. The van der Waals surface area contributed by atoms with E-state index in [4.69, 9.17) is 0 Å². The lowest BCUT2D eigenvalue weighted by molar-refractivity contribution is 0.245. The summed E-state index contributed by atoms with van der Waals surface area (Å²) in [4.78, 5) is 10.9. The van der Waals surface area contributed by atoms with E-state index in [1.807, 2.05) is 0 Å². The summed E-state index contributed by atoms with van der Waals surface area (Å²) in [7, 11) is -2.79. The average Bonchev–Trinajstić information content (AvgIpc) is 2.52. The quantitative estimate of drug-likeness (QED) is 0.622. The van der Waals surface area contributed by atoms with Crippen molar-refractivity contribution in [3.63, 3.8) is 0 Å². The minimum atomic E-state index is -2.79. The van der Waals surface area contributed by atoms with Crippen molar-refractivity contribution in [2.75, 3.05) is 18.1 Å². The molecule has 2 rings (SSSR count). The van der Waals surface area contributed by atoms with E-state index in [1.165, 1.54) is 0 Å². The second kappa shape index (κ2) is 3.42. The monoisotopic (exact) mass is 218 g/mol. The molecule has 0 spiro atoms. The molecular formula is C8H14N2O3S. The van der Waals surface area contributed by atoms with Crippen LogP contribution < -0.4 is 10.6 Å². The topological polar surface area (TPSA) is 75.3 Å². The molecular weight excluding hydrogens is 204 g/mol. The van der Waals surface area contributed by atoms with Crippen LogP contribution in [0.2, 0.25) is 0 Å². The molecule has 1 atom stereocenters. The highest BCUT2D eigenvalue weighted by atomic mass is 32.2. The highest BCUT2D eigenvalue weighted by Gasteiger charge is 2.33. The van der Waals surface area contributed by atoms with E-state index in [0.717, 1.165) is 0 Å². The molecule has 2 aliphatic heterocycles. The molecule has 0 saturated carbocycles. The summed E-state index contributed by atoms with van der Waals surface area (Å²) in [5.74, 6) is 0.853. The van der Waals surface area contributed by atoms with E-state index in [2.05, 4.69) is 10.6 Å². The summed E-state index contributed by atoms with van der Waals surface area (Å²) >= 11 is 0. The minimum Gasteiger partial charge on any atom is -0.336 e. The third kappa shape index (κ3) is 2.00. The fourth-order valence-electron chi connectivity index (χ4n) is 2.07. The van der Waals surface area contributed by atoms with Crippen LogP contribution in [0.1, 0.15) is 12.8 Å². The lowest BCUT2D eigenvalue weighted by Gasteiger charge is -2.26. The molecule has 0 radical (unpaired) electrons. The smallest absolute Gasteiger partial charge is 0.315 e.